The molecular weight excluding hydrogens is 453 g/mol. The van der Waals surface area contributed by atoms with Crippen LogP contribution in [0.5, 0.6) is 0 Å². The number of hydrogen-bond acceptors (Lipinski definition) is 3. The van der Waals surface area contributed by atoms with Crippen LogP contribution in [0.4, 0.5) is 0 Å². The van der Waals surface area contributed by atoms with E-state index >= 15 is 0 Å². The van der Waals surface area contributed by atoms with Crippen molar-refractivity contribution in [3.63, 3.8) is 0 Å². The van der Waals surface area contributed by atoms with Gasteiger partial charge in [-0.25, -0.2) is 0 Å². The minimum Gasteiger partial charge on any atom is -0.399 e. The fourth-order valence-electron chi connectivity index (χ4n) is 9.73. The number of pyridine rings is 1. The normalized spacial score (nSPS) is 37.8. The number of hydrogen-bond donors (Lipinski definition) is 0. The third kappa shape index (κ3) is 2.95. The Labute approximate surface area is 222 Å². The van der Waals surface area contributed by atoms with Crippen LogP contribution < -0.4 is 5.46 Å². The molecule has 1 aromatic carbocycles. The van der Waals surface area contributed by atoms with Crippen LogP contribution >= 0.6 is 0 Å². The summed E-state index contributed by atoms with van der Waals surface area (Å²) in [5, 5.41) is 0. The molecule has 0 amide bonds. The largest absolute Gasteiger partial charge is 0.495 e. The van der Waals surface area contributed by atoms with Crippen LogP contribution in [0.25, 0.3) is 11.1 Å². The molecule has 9 rings (SSSR count). The molecule has 1 aromatic heterocycles. The van der Waals surface area contributed by atoms with Crippen molar-refractivity contribution in [1.82, 2.24) is 4.98 Å². The van der Waals surface area contributed by atoms with Crippen LogP contribution in [0.2, 0.25) is 0 Å². The first kappa shape index (κ1) is 23.0. The number of allylic oxidation sites excluding steroid dienone is 2. The molecule has 3 nitrogen and oxygen atoms in total. The Morgan fingerprint density at radius 2 is 1.57 bits per heavy atom. The van der Waals surface area contributed by atoms with Crippen molar-refractivity contribution in [2.75, 3.05) is 0 Å². The van der Waals surface area contributed by atoms with E-state index in [1.54, 1.807) is 11.1 Å². The monoisotopic (exact) mass is 493 g/mol. The van der Waals surface area contributed by atoms with E-state index < -0.39 is 0 Å². The third-order valence-electron chi connectivity index (χ3n) is 11.8. The first-order valence-corrected chi connectivity index (χ1v) is 14.9. The van der Waals surface area contributed by atoms with Crippen LogP contribution in [0.1, 0.15) is 102 Å². The van der Waals surface area contributed by atoms with Crippen LogP contribution in [-0.4, -0.2) is 23.3 Å². The Bertz CT molecular complexity index is 1270. The molecule has 6 aliphatic carbocycles. The average Bonchev–Trinajstić information content (AvgIpc) is 3.30. The van der Waals surface area contributed by atoms with E-state index in [9.17, 15) is 0 Å². The van der Waals surface area contributed by atoms with Crippen molar-refractivity contribution in [2.45, 2.75) is 102 Å². The maximum Gasteiger partial charge on any atom is 0.495 e. The summed E-state index contributed by atoms with van der Waals surface area (Å²) in [7, 11) is -0.331. The van der Waals surface area contributed by atoms with Crippen molar-refractivity contribution in [3.05, 3.63) is 59.4 Å². The van der Waals surface area contributed by atoms with Crippen LogP contribution in [-0.2, 0) is 14.7 Å². The van der Waals surface area contributed by atoms with Gasteiger partial charge in [-0.2, -0.15) is 0 Å². The van der Waals surface area contributed by atoms with Crippen LogP contribution in [0.15, 0.2) is 42.6 Å². The molecule has 37 heavy (non-hydrogen) atoms. The third-order valence-corrected chi connectivity index (χ3v) is 11.8. The molecular formula is C33H40BNO2. The van der Waals surface area contributed by atoms with Crippen molar-refractivity contribution in [3.8, 4) is 11.1 Å². The molecule has 7 aliphatic rings. The number of nitrogens with zero attached hydrogens (tertiary/aromatic N) is 1. The zero-order chi connectivity index (χ0) is 25.2. The topological polar surface area (TPSA) is 31.4 Å². The summed E-state index contributed by atoms with van der Waals surface area (Å²) < 4.78 is 13.6. The molecule has 2 aromatic rings. The number of benzene rings is 1. The highest BCUT2D eigenvalue weighted by atomic mass is 16.7. The first-order valence-electron chi connectivity index (χ1n) is 14.9. The Morgan fingerprint density at radius 3 is 2.22 bits per heavy atom. The van der Waals surface area contributed by atoms with Crippen molar-refractivity contribution in [1.29, 1.82) is 0 Å². The van der Waals surface area contributed by atoms with E-state index in [4.69, 9.17) is 14.3 Å². The summed E-state index contributed by atoms with van der Waals surface area (Å²) >= 11 is 0. The molecule has 192 valence electrons. The van der Waals surface area contributed by atoms with Gasteiger partial charge in [-0.15, -0.1) is 0 Å². The Hall–Kier alpha value is -1.91. The van der Waals surface area contributed by atoms with Gasteiger partial charge in [0.1, 0.15) is 0 Å². The van der Waals surface area contributed by atoms with E-state index in [1.807, 2.05) is 0 Å². The molecule has 1 unspecified atom stereocenters. The minimum absolute atomic E-state index is 0.0127. The van der Waals surface area contributed by atoms with E-state index in [2.05, 4.69) is 70.3 Å². The molecule has 4 saturated carbocycles. The molecule has 0 N–H and O–H groups in total. The molecule has 1 spiro atoms. The van der Waals surface area contributed by atoms with Crippen molar-refractivity contribution >= 4 is 12.6 Å². The fraction of sp³-hybridized carbons (Fsp3) is 0.606. The van der Waals surface area contributed by atoms with E-state index in [0.717, 1.165) is 18.3 Å². The van der Waals surface area contributed by atoms with Crippen LogP contribution in [0.3, 0.4) is 0 Å². The van der Waals surface area contributed by atoms with E-state index in [1.165, 1.54) is 67.2 Å². The maximum atomic E-state index is 6.79. The Kier molecular flexibility index (Phi) is 4.73. The van der Waals surface area contributed by atoms with E-state index in [-0.39, 0.29) is 23.7 Å². The van der Waals surface area contributed by atoms with Gasteiger partial charge in [0.15, 0.2) is 0 Å². The fourth-order valence-corrected chi connectivity index (χ4v) is 9.73. The summed E-state index contributed by atoms with van der Waals surface area (Å²) in [6, 6.07) is 9.41. The SMILES string of the molecule is CC1(C)OB(c2ccc(C3CC=CCC3)c3c2C2(c4ncccc4-3)C3CC4CC(C3)CC2C4)OC1(C)C. The maximum absolute atomic E-state index is 6.79. The van der Waals surface area contributed by atoms with Gasteiger partial charge < -0.3 is 9.31 Å². The summed E-state index contributed by atoms with van der Waals surface area (Å²) in [6.45, 7) is 8.74. The van der Waals surface area contributed by atoms with Gasteiger partial charge in [0.05, 0.1) is 16.9 Å². The highest BCUT2D eigenvalue weighted by Crippen LogP contribution is 2.69. The standard InChI is InChI=1S/C33H40BNO2/c1-31(2)32(3,4)37-34(36-31)27-13-12-25(22-9-6-5-7-10-22)28-26-11-8-14-35-30(26)33(29(27)28)23-16-20-15-21(18-23)19-24(33)17-20/h5-6,8,11-14,20-24H,7,9-10,15-19H2,1-4H3. The molecule has 4 bridgehead atoms. The van der Waals surface area contributed by atoms with E-state index in [0.29, 0.717) is 17.8 Å². The predicted octanol–water partition coefficient (Wildman–Crippen LogP) is 6.93. The van der Waals surface area contributed by atoms with Gasteiger partial charge in [-0.1, -0.05) is 30.4 Å². The predicted molar refractivity (Wildman–Crippen MR) is 149 cm³/mol. The molecule has 2 heterocycles. The summed E-state index contributed by atoms with van der Waals surface area (Å²) in [6.07, 6.45) is 17.3. The summed E-state index contributed by atoms with van der Waals surface area (Å²) in [4.78, 5) is 5.29. The van der Waals surface area contributed by atoms with Crippen LogP contribution in [0, 0.1) is 23.7 Å². The summed E-state index contributed by atoms with van der Waals surface area (Å²) in [5.74, 6) is 3.77. The second-order valence-corrected chi connectivity index (χ2v) is 14.1. The van der Waals surface area contributed by atoms with Crippen molar-refractivity contribution < 1.29 is 9.31 Å². The van der Waals surface area contributed by atoms with Gasteiger partial charge >= 0.3 is 7.12 Å². The lowest BCUT2D eigenvalue weighted by Gasteiger charge is -2.60. The van der Waals surface area contributed by atoms with Gasteiger partial charge in [0.25, 0.3) is 0 Å². The second-order valence-electron chi connectivity index (χ2n) is 14.1. The van der Waals surface area contributed by atoms with Gasteiger partial charge in [-0.05, 0) is 137 Å². The quantitative estimate of drug-likeness (QED) is 0.336. The number of fused-ring (bicyclic) bond motifs is 3. The lowest BCUT2D eigenvalue weighted by molar-refractivity contribution is -0.0413. The second kappa shape index (κ2) is 7.60. The molecule has 0 radical (unpaired) electrons. The molecule has 1 aliphatic heterocycles. The van der Waals surface area contributed by atoms with Crippen molar-refractivity contribution in [2.24, 2.45) is 23.7 Å². The summed E-state index contributed by atoms with van der Waals surface area (Å²) in [5.41, 5.74) is 8.00. The zero-order valence-corrected chi connectivity index (χ0v) is 22.9. The van der Waals surface area contributed by atoms with Gasteiger partial charge in [0, 0.05) is 17.2 Å². The zero-order valence-electron chi connectivity index (χ0n) is 22.9. The lowest BCUT2D eigenvalue weighted by Crippen LogP contribution is -2.58. The van der Waals surface area contributed by atoms with Gasteiger partial charge in [0.2, 0.25) is 0 Å². The number of rotatable bonds is 2. The highest BCUT2D eigenvalue weighted by molar-refractivity contribution is 6.63. The molecule has 1 atom stereocenters. The Morgan fingerprint density at radius 1 is 0.865 bits per heavy atom. The molecule has 5 fully saturated rings. The average molecular weight is 494 g/mol. The highest BCUT2D eigenvalue weighted by Gasteiger charge is 2.65. The number of aromatic nitrogens is 1. The smallest absolute Gasteiger partial charge is 0.399 e. The van der Waals surface area contributed by atoms with Gasteiger partial charge in [-0.3, -0.25) is 4.98 Å². The Balaban J connectivity index is 1.41. The molecule has 4 heteroatoms. The minimum atomic E-state index is -0.349. The lowest BCUT2D eigenvalue weighted by atomic mass is 9.42. The first-order chi connectivity index (χ1) is 17.8. The molecule has 1 saturated heterocycles.